The fourth-order valence-corrected chi connectivity index (χ4v) is 2.39. The third kappa shape index (κ3) is 4.14. The van der Waals surface area contributed by atoms with Gasteiger partial charge in [0.2, 0.25) is 0 Å². The lowest BCUT2D eigenvalue weighted by Gasteiger charge is -2.20. The molecule has 0 saturated carbocycles. The second-order valence-electron chi connectivity index (χ2n) is 5.02. The number of para-hydroxylation sites is 1. The van der Waals surface area contributed by atoms with Crippen LogP contribution in [0.5, 0.6) is 5.75 Å². The van der Waals surface area contributed by atoms with Gasteiger partial charge in [0, 0.05) is 12.1 Å². The zero-order valence-electron chi connectivity index (χ0n) is 12.9. The van der Waals surface area contributed by atoms with Gasteiger partial charge < -0.3 is 15.4 Å². The van der Waals surface area contributed by atoms with E-state index in [9.17, 15) is 14.9 Å². The molecule has 1 amide bonds. The molecule has 0 fully saturated rings. The lowest BCUT2D eigenvalue weighted by Crippen LogP contribution is -2.25. The van der Waals surface area contributed by atoms with Gasteiger partial charge in [-0.15, -0.1) is 0 Å². The van der Waals surface area contributed by atoms with Gasteiger partial charge in [0.15, 0.2) is 0 Å². The molecule has 126 valence electrons. The van der Waals surface area contributed by atoms with Crippen LogP contribution in [-0.4, -0.2) is 31.0 Å². The van der Waals surface area contributed by atoms with E-state index in [0.29, 0.717) is 23.0 Å². The summed E-state index contributed by atoms with van der Waals surface area (Å²) >= 11 is 5.88. The predicted molar refractivity (Wildman–Crippen MR) is 91.8 cm³/mol. The fourth-order valence-electron chi connectivity index (χ4n) is 2.21. The lowest BCUT2D eigenvalue weighted by atomic mass is 10.1. The molecule has 2 aromatic carbocycles. The number of benzene rings is 2. The Morgan fingerprint density at radius 1 is 1.33 bits per heavy atom. The van der Waals surface area contributed by atoms with Gasteiger partial charge in [-0.1, -0.05) is 23.7 Å². The number of nitro groups is 1. The average Bonchev–Trinajstić information content (AvgIpc) is 2.53. The van der Waals surface area contributed by atoms with E-state index >= 15 is 0 Å². The second-order valence-corrected chi connectivity index (χ2v) is 5.46. The SMILES string of the molecule is CN(CCOc1cccc(Cl)c1)c1cccc(C(N)=O)c1[N+](=O)[O-]. The maximum absolute atomic E-state index is 11.4. The monoisotopic (exact) mass is 349 g/mol. The number of nitrogens with two attached hydrogens (primary N) is 1. The summed E-state index contributed by atoms with van der Waals surface area (Å²) < 4.78 is 5.57. The van der Waals surface area contributed by atoms with Gasteiger partial charge in [-0.05, 0) is 30.3 Å². The number of anilines is 1. The van der Waals surface area contributed by atoms with E-state index in [2.05, 4.69) is 0 Å². The first-order valence-electron chi connectivity index (χ1n) is 7.07. The van der Waals surface area contributed by atoms with Gasteiger partial charge in [-0.3, -0.25) is 14.9 Å². The van der Waals surface area contributed by atoms with Crippen LogP contribution in [0.1, 0.15) is 10.4 Å². The molecule has 24 heavy (non-hydrogen) atoms. The van der Waals surface area contributed by atoms with Crippen LogP contribution in [0.2, 0.25) is 5.02 Å². The molecule has 0 spiro atoms. The quantitative estimate of drug-likeness (QED) is 0.612. The van der Waals surface area contributed by atoms with E-state index in [4.69, 9.17) is 22.1 Å². The first kappa shape index (κ1) is 17.6. The topological polar surface area (TPSA) is 98.7 Å². The van der Waals surface area contributed by atoms with E-state index < -0.39 is 10.8 Å². The minimum atomic E-state index is -0.841. The van der Waals surface area contributed by atoms with Gasteiger partial charge in [-0.25, -0.2) is 0 Å². The molecule has 0 radical (unpaired) electrons. The number of primary amides is 1. The van der Waals surface area contributed by atoms with Crippen LogP contribution in [0, 0.1) is 10.1 Å². The van der Waals surface area contributed by atoms with E-state index in [1.54, 1.807) is 48.3 Å². The summed E-state index contributed by atoms with van der Waals surface area (Å²) in [6.07, 6.45) is 0. The van der Waals surface area contributed by atoms with Crippen LogP contribution in [0.4, 0.5) is 11.4 Å². The molecular weight excluding hydrogens is 334 g/mol. The lowest BCUT2D eigenvalue weighted by molar-refractivity contribution is -0.384. The molecule has 0 heterocycles. The molecule has 0 aliphatic heterocycles. The maximum atomic E-state index is 11.4. The smallest absolute Gasteiger partial charge is 0.305 e. The van der Waals surface area contributed by atoms with Crippen LogP contribution in [-0.2, 0) is 0 Å². The summed E-state index contributed by atoms with van der Waals surface area (Å²) in [6.45, 7) is 0.657. The molecule has 2 aromatic rings. The zero-order valence-corrected chi connectivity index (χ0v) is 13.7. The second kappa shape index (κ2) is 7.65. The zero-order chi connectivity index (χ0) is 17.7. The number of rotatable bonds is 7. The molecule has 0 aliphatic carbocycles. The predicted octanol–water partition coefficient (Wildman–Crippen LogP) is 2.86. The van der Waals surface area contributed by atoms with Crippen molar-refractivity contribution in [2.24, 2.45) is 5.73 Å². The highest BCUT2D eigenvalue weighted by atomic mass is 35.5. The Hall–Kier alpha value is -2.80. The van der Waals surface area contributed by atoms with Crippen LogP contribution >= 0.6 is 11.6 Å². The number of nitro benzene ring substituents is 1. The Morgan fingerprint density at radius 2 is 2.04 bits per heavy atom. The molecule has 0 saturated heterocycles. The fraction of sp³-hybridized carbons (Fsp3) is 0.188. The summed E-state index contributed by atoms with van der Waals surface area (Å²) in [5.74, 6) is -0.233. The number of ether oxygens (including phenoxy) is 1. The van der Waals surface area contributed by atoms with Crippen molar-refractivity contribution in [1.82, 2.24) is 0 Å². The molecule has 8 heteroatoms. The molecule has 0 bridgehead atoms. The van der Waals surface area contributed by atoms with Gasteiger partial charge in [-0.2, -0.15) is 0 Å². The number of nitrogens with zero attached hydrogens (tertiary/aromatic N) is 2. The molecule has 0 aliphatic rings. The molecular formula is C16H16ClN3O4. The minimum absolute atomic E-state index is 0.125. The van der Waals surface area contributed by atoms with Gasteiger partial charge >= 0.3 is 5.69 Å². The van der Waals surface area contributed by atoms with Crippen molar-refractivity contribution in [1.29, 1.82) is 0 Å². The highest BCUT2D eigenvalue weighted by Crippen LogP contribution is 2.30. The van der Waals surface area contributed by atoms with Gasteiger partial charge in [0.05, 0.1) is 11.5 Å². The summed E-state index contributed by atoms with van der Waals surface area (Å²) in [5.41, 5.74) is 5.07. The van der Waals surface area contributed by atoms with Crippen molar-refractivity contribution in [2.45, 2.75) is 0 Å². The molecule has 0 atom stereocenters. The Kier molecular flexibility index (Phi) is 5.59. The molecule has 2 N–H and O–H groups in total. The van der Waals surface area contributed by atoms with Crippen molar-refractivity contribution >= 4 is 28.9 Å². The van der Waals surface area contributed by atoms with Crippen molar-refractivity contribution in [3.8, 4) is 5.75 Å². The highest BCUT2D eigenvalue weighted by molar-refractivity contribution is 6.30. The first-order valence-corrected chi connectivity index (χ1v) is 7.44. The number of carbonyl (C=O) groups is 1. The minimum Gasteiger partial charge on any atom is -0.492 e. The molecule has 0 aromatic heterocycles. The third-order valence-electron chi connectivity index (χ3n) is 3.37. The molecule has 2 rings (SSSR count). The number of hydrogen-bond acceptors (Lipinski definition) is 5. The summed E-state index contributed by atoms with van der Waals surface area (Å²) in [5, 5.41) is 11.9. The Morgan fingerprint density at radius 3 is 2.67 bits per heavy atom. The normalized spacial score (nSPS) is 10.2. The van der Waals surface area contributed by atoms with Crippen LogP contribution < -0.4 is 15.4 Å². The summed E-state index contributed by atoms with van der Waals surface area (Å²) in [4.78, 5) is 23.7. The third-order valence-corrected chi connectivity index (χ3v) is 3.60. The van der Waals surface area contributed by atoms with Gasteiger partial charge in [0.1, 0.15) is 23.6 Å². The van der Waals surface area contributed by atoms with E-state index in [0.717, 1.165) is 0 Å². The largest absolute Gasteiger partial charge is 0.492 e. The number of hydrogen-bond donors (Lipinski definition) is 1. The van der Waals surface area contributed by atoms with E-state index in [-0.39, 0.29) is 17.9 Å². The number of likely N-dealkylation sites (N-methyl/N-ethyl adjacent to an activating group) is 1. The van der Waals surface area contributed by atoms with E-state index in [1.807, 2.05) is 0 Å². The Bertz CT molecular complexity index is 767. The van der Waals surface area contributed by atoms with Gasteiger partial charge in [0.25, 0.3) is 5.91 Å². The standard InChI is InChI=1S/C16H16ClN3O4/c1-19(8-9-24-12-5-2-4-11(17)10-12)14-7-3-6-13(16(18)21)15(14)20(22)23/h2-7,10H,8-9H2,1H3,(H2,18,21). The van der Waals surface area contributed by atoms with Crippen LogP contribution in [0.15, 0.2) is 42.5 Å². The van der Waals surface area contributed by atoms with Crippen molar-refractivity contribution in [3.05, 3.63) is 63.2 Å². The molecule has 0 unspecified atom stereocenters. The number of carbonyl (C=O) groups excluding carboxylic acids is 1. The first-order chi connectivity index (χ1) is 11.4. The number of halogens is 1. The highest BCUT2D eigenvalue weighted by Gasteiger charge is 2.24. The van der Waals surface area contributed by atoms with Crippen molar-refractivity contribution in [3.63, 3.8) is 0 Å². The molecule has 7 nitrogen and oxygen atoms in total. The Labute approximate surface area is 143 Å². The summed E-state index contributed by atoms with van der Waals surface area (Å²) in [6, 6.07) is 11.4. The average molecular weight is 350 g/mol. The number of amides is 1. The van der Waals surface area contributed by atoms with Crippen LogP contribution in [0.3, 0.4) is 0 Å². The van der Waals surface area contributed by atoms with Crippen molar-refractivity contribution in [2.75, 3.05) is 25.1 Å². The summed E-state index contributed by atoms with van der Waals surface area (Å²) in [7, 11) is 1.68. The maximum Gasteiger partial charge on any atom is 0.305 e. The Balaban J connectivity index is 2.12. The van der Waals surface area contributed by atoms with E-state index in [1.165, 1.54) is 6.07 Å². The van der Waals surface area contributed by atoms with Crippen LogP contribution in [0.25, 0.3) is 0 Å². The van der Waals surface area contributed by atoms with Crippen molar-refractivity contribution < 1.29 is 14.5 Å².